The summed E-state index contributed by atoms with van der Waals surface area (Å²) in [5, 5.41) is 5.26. The van der Waals surface area contributed by atoms with Crippen LogP contribution in [0.3, 0.4) is 0 Å². The van der Waals surface area contributed by atoms with Crippen molar-refractivity contribution in [3.63, 3.8) is 0 Å². The minimum atomic E-state index is -0.635. The lowest BCUT2D eigenvalue weighted by Crippen LogP contribution is -2.35. The first-order valence-corrected chi connectivity index (χ1v) is 9.49. The summed E-state index contributed by atoms with van der Waals surface area (Å²) >= 11 is 0. The van der Waals surface area contributed by atoms with E-state index in [1.807, 2.05) is 6.92 Å². The molecular weight excluding hydrogens is 316 g/mol. The van der Waals surface area contributed by atoms with Crippen LogP contribution in [0.5, 0.6) is 5.75 Å². The maximum Gasteiger partial charge on any atom is 0.313 e. The van der Waals surface area contributed by atoms with E-state index in [0.29, 0.717) is 18.8 Å². The molecule has 0 aliphatic rings. The second-order valence-electron chi connectivity index (χ2n) is 6.14. The fraction of sp³-hybridized carbons (Fsp3) is 0.600. The standard InChI is InChI=1S/C20H32N2O3/c1-3-5-6-7-8-9-10-11-16-21-19(23)20(24)22-17-12-14-18(15-13-17)25-4-2/h12-15H,3-11,16H2,1-2H3,(H,21,23)(H,22,24). The largest absolute Gasteiger partial charge is 0.494 e. The quantitative estimate of drug-likeness (QED) is 0.437. The van der Waals surface area contributed by atoms with Crippen molar-refractivity contribution in [2.45, 2.75) is 65.2 Å². The summed E-state index contributed by atoms with van der Waals surface area (Å²) < 4.78 is 5.33. The minimum Gasteiger partial charge on any atom is -0.494 e. The molecule has 0 saturated carbocycles. The molecule has 0 radical (unpaired) electrons. The molecule has 2 N–H and O–H groups in total. The van der Waals surface area contributed by atoms with E-state index in [0.717, 1.165) is 18.6 Å². The Kier molecular flexibility index (Phi) is 11.2. The molecule has 0 unspecified atom stereocenters. The highest BCUT2D eigenvalue weighted by Gasteiger charge is 2.12. The highest BCUT2D eigenvalue weighted by atomic mass is 16.5. The summed E-state index contributed by atoms with van der Waals surface area (Å²) in [6.07, 6.45) is 9.65. The molecule has 0 heterocycles. The van der Waals surface area contributed by atoms with E-state index in [1.54, 1.807) is 24.3 Å². The van der Waals surface area contributed by atoms with Crippen molar-refractivity contribution in [3.05, 3.63) is 24.3 Å². The molecular formula is C20H32N2O3. The third-order valence-electron chi connectivity index (χ3n) is 3.95. The van der Waals surface area contributed by atoms with Gasteiger partial charge in [0.25, 0.3) is 0 Å². The summed E-state index contributed by atoms with van der Waals surface area (Å²) in [7, 11) is 0. The van der Waals surface area contributed by atoms with Crippen LogP contribution >= 0.6 is 0 Å². The molecule has 1 aromatic rings. The Bertz CT molecular complexity index is 500. The lowest BCUT2D eigenvalue weighted by molar-refractivity contribution is -0.136. The molecule has 0 fully saturated rings. The predicted molar refractivity (Wildman–Crippen MR) is 102 cm³/mol. The molecule has 1 rings (SSSR count). The third kappa shape index (κ3) is 9.75. The van der Waals surface area contributed by atoms with Gasteiger partial charge in [0.05, 0.1) is 6.61 Å². The molecule has 0 aliphatic heterocycles. The number of carbonyl (C=O) groups excluding carboxylic acids is 2. The molecule has 5 nitrogen and oxygen atoms in total. The zero-order chi connectivity index (χ0) is 18.3. The van der Waals surface area contributed by atoms with Gasteiger partial charge in [-0.25, -0.2) is 0 Å². The highest BCUT2D eigenvalue weighted by Crippen LogP contribution is 2.15. The fourth-order valence-electron chi connectivity index (χ4n) is 2.53. The molecule has 0 aliphatic carbocycles. The number of nitrogens with one attached hydrogen (secondary N) is 2. The number of hydrogen-bond acceptors (Lipinski definition) is 3. The number of unbranched alkanes of at least 4 members (excludes halogenated alkanes) is 7. The van der Waals surface area contributed by atoms with Crippen molar-refractivity contribution in [1.29, 1.82) is 0 Å². The number of benzene rings is 1. The van der Waals surface area contributed by atoms with E-state index < -0.39 is 11.8 Å². The molecule has 140 valence electrons. The molecule has 25 heavy (non-hydrogen) atoms. The van der Waals surface area contributed by atoms with Gasteiger partial charge >= 0.3 is 11.8 Å². The third-order valence-corrected chi connectivity index (χ3v) is 3.95. The monoisotopic (exact) mass is 348 g/mol. The van der Waals surface area contributed by atoms with Gasteiger partial charge in [0.15, 0.2) is 0 Å². The zero-order valence-electron chi connectivity index (χ0n) is 15.6. The van der Waals surface area contributed by atoms with Gasteiger partial charge in [0.2, 0.25) is 0 Å². The molecule has 0 aromatic heterocycles. The van der Waals surface area contributed by atoms with Crippen LogP contribution in [0.25, 0.3) is 0 Å². The van der Waals surface area contributed by atoms with Crippen LogP contribution in [0.15, 0.2) is 24.3 Å². The molecule has 2 amide bonds. The van der Waals surface area contributed by atoms with E-state index in [-0.39, 0.29) is 0 Å². The fourth-order valence-corrected chi connectivity index (χ4v) is 2.53. The van der Waals surface area contributed by atoms with Crippen molar-refractivity contribution in [2.75, 3.05) is 18.5 Å². The smallest absolute Gasteiger partial charge is 0.313 e. The van der Waals surface area contributed by atoms with Crippen molar-refractivity contribution in [3.8, 4) is 5.75 Å². The van der Waals surface area contributed by atoms with Gasteiger partial charge in [0.1, 0.15) is 5.75 Å². The van der Waals surface area contributed by atoms with Gasteiger partial charge < -0.3 is 15.4 Å². The second kappa shape index (κ2) is 13.3. The molecule has 1 aromatic carbocycles. The van der Waals surface area contributed by atoms with Gasteiger partial charge in [0, 0.05) is 12.2 Å². The Labute approximate surface area is 151 Å². The van der Waals surface area contributed by atoms with Gasteiger partial charge in [-0.2, -0.15) is 0 Å². The zero-order valence-corrected chi connectivity index (χ0v) is 15.6. The number of amides is 2. The van der Waals surface area contributed by atoms with Crippen LogP contribution in [-0.2, 0) is 9.59 Å². The first kappa shape index (κ1) is 21.0. The van der Waals surface area contributed by atoms with E-state index in [1.165, 1.54) is 38.5 Å². The summed E-state index contributed by atoms with van der Waals surface area (Å²) in [6, 6.07) is 6.96. The number of ether oxygens (including phenoxy) is 1. The van der Waals surface area contributed by atoms with Crippen molar-refractivity contribution < 1.29 is 14.3 Å². The summed E-state index contributed by atoms with van der Waals surface area (Å²) in [5.41, 5.74) is 0.579. The summed E-state index contributed by atoms with van der Waals surface area (Å²) in [6.45, 7) is 5.26. The van der Waals surface area contributed by atoms with E-state index in [2.05, 4.69) is 17.6 Å². The lowest BCUT2D eigenvalue weighted by Gasteiger charge is -2.08. The summed E-state index contributed by atoms with van der Waals surface area (Å²) in [5.74, 6) is -0.486. The van der Waals surface area contributed by atoms with Gasteiger partial charge in [-0.3, -0.25) is 9.59 Å². The number of rotatable bonds is 12. The Morgan fingerprint density at radius 2 is 1.44 bits per heavy atom. The minimum absolute atomic E-state index is 0.546. The molecule has 0 saturated heterocycles. The Balaban J connectivity index is 2.12. The van der Waals surface area contributed by atoms with Crippen molar-refractivity contribution in [2.24, 2.45) is 0 Å². The molecule has 0 spiro atoms. The van der Waals surface area contributed by atoms with Crippen LogP contribution in [0.4, 0.5) is 5.69 Å². The van der Waals surface area contributed by atoms with Crippen molar-refractivity contribution >= 4 is 17.5 Å². The Hall–Kier alpha value is -2.04. The van der Waals surface area contributed by atoms with Crippen LogP contribution < -0.4 is 15.4 Å². The maximum atomic E-state index is 11.8. The summed E-state index contributed by atoms with van der Waals surface area (Å²) in [4.78, 5) is 23.6. The van der Waals surface area contributed by atoms with Crippen LogP contribution in [0, 0.1) is 0 Å². The number of anilines is 1. The Morgan fingerprint density at radius 1 is 0.840 bits per heavy atom. The normalized spacial score (nSPS) is 10.3. The predicted octanol–water partition coefficient (Wildman–Crippen LogP) is 4.28. The number of hydrogen-bond donors (Lipinski definition) is 2. The first-order chi connectivity index (χ1) is 12.2. The highest BCUT2D eigenvalue weighted by molar-refractivity contribution is 6.39. The second-order valence-corrected chi connectivity index (χ2v) is 6.14. The van der Waals surface area contributed by atoms with Crippen LogP contribution in [0.2, 0.25) is 0 Å². The molecule has 5 heteroatoms. The average molecular weight is 348 g/mol. The van der Waals surface area contributed by atoms with E-state index in [4.69, 9.17) is 4.74 Å². The maximum absolute atomic E-state index is 11.8. The first-order valence-electron chi connectivity index (χ1n) is 9.49. The van der Waals surface area contributed by atoms with E-state index >= 15 is 0 Å². The molecule has 0 bridgehead atoms. The van der Waals surface area contributed by atoms with Crippen molar-refractivity contribution in [1.82, 2.24) is 5.32 Å². The van der Waals surface area contributed by atoms with E-state index in [9.17, 15) is 9.59 Å². The topological polar surface area (TPSA) is 67.4 Å². The van der Waals surface area contributed by atoms with Crippen LogP contribution in [-0.4, -0.2) is 25.0 Å². The van der Waals surface area contributed by atoms with Gasteiger partial charge in [-0.15, -0.1) is 0 Å². The average Bonchev–Trinajstić information content (AvgIpc) is 2.62. The number of carbonyl (C=O) groups is 2. The van der Waals surface area contributed by atoms with Gasteiger partial charge in [-0.1, -0.05) is 51.9 Å². The Morgan fingerprint density at radius 3 is 2.04 bits per heavy atom. The lowest BCUT2D eigenvalue weighted by atomic mass is 10.1. The van der Waals surface area contributed by atoms with Crippen LogP contribution in [0.1, 0.15) is 65.2 Å². The SMILES string of the molecule is CCCCCCCCCCNC(=O)C(=O)Nc1ccc(OCC)cc1. The van der Waals surface area contributed by atoms with Gasteiger partial charge in [-0.05, 0) is 37.6 Å². The molecule has 0 atom stereocenters.